The second-order valence-corrected chi connectivity index (χ2v) is 5.63. The Balaban J connectivity index is 1.95. The van der Waals surface area contributed by atoms with E-state index in [2.05, 4.69) is 39.3 Å². The van der Waals surface area contributed by atoms with E-state index in [1.54, 1.807) is 0 Å². The Morgan fingerprint density at radius 2 is 2.33 bits per heavy atom. The molecule has 0 fully saturated rings. The van der Waals surface area contributed by atoms with E-state index in [-0.39, 0.29) is 5.91 Å². The summed E-state index contributed by atoms with van der Waals surface area (Å²) < 4.78 is 1.13. The van der Waals surface area contributed by atoms with E-state index in [1.165, 1.54) is 11.1 Å². The van der Waals surface area contributed by atoms with Crippen LogP contribution in [0.1, 0.15) is 22.3 Å². The Labute approximate surface area is 121 Å². The third-order valence-corrected chi connectivity index (χ3v) is 4.23. The van der Waals surface area contributed by atoms with E-state index in [0.717, 1.165) is 28.6 Å². The second-order valence-electron chi connectivity index (χ2n) is 4.46. The number of nitrogens with one attached hydrogen (secondary N) is 2. The maximum atomic E-state index is 12.0. The van der Waals surface area contributed by atoms with Gasteiger partial charge < -0.3 is 10.6 Å². The molecule has 1 amide bonds. The first kappa shape index (κ1) is 13.5. The smallest absolute Gasteiger partial charge is 0.251 e. The van der Waals surface area contributed by atoms with Crippen LogP contribution < -0.4 is 10.6 Å². The van der Waals surface area contributed by atoms with Crippen molar-refractivity contribution in [3.63, 3.8) is 0 Å². The van der Waals surface area contributed by atoms with Crippen LogP contribution in [-0.4, -0.2) is 25.5 Å². The van der Waals surface area contributed by atoms with Crippen LogP contribution in [0, 0.1) is 10.5 Å². The minimum absolute atomic E-state index is 0.00680. The fraction of sp³-hybridized carbons (Fsp3) is 0.357. The highest BCUT2D eigenvalue weighted by Gasteiger charge is 2.08. The Morgan fingerprint density at radius 3 is 3.00 bits per heavy atom. The molecule has 1 aliphatic rings. The molecule has 3 nitrogen and oxygen atoms in total. The highest BCUT2D eigenvalue weighted by molar-refractivity contribution is 14.1. The number of benzene rings is 1. The number of rotatable bonds is 3. The summed E-state index contributed by atoms with van der Waals surface area (Å²) in [5.74, 6) is 0.00680. The summed E-state index contributed by atoms with van der Waals surface area (Å²) >= 11 is 2.26. The van der Waals surface area contributed by atoms with Gasteiger partial charge in [-0.15, -0.1) is 0 Å². The minimum atomic E-state index is 0.00680. The van der Waals surface area contributed by atoms with Crippen molar-refractivity contribution in [3.8, 4) is 0 Å². The lowest BCUT2D eigenvalue weighted by molar-refractivity contribution is 0.0956. The van der Waals surface area contributed by atoms with Gasteiger partial charge in [-0.25, -0.2) is 0 Å². The summed E-state index contributed by atoms with van der Waals surface area (Å²) in [6.07, 6.45) is 3.17. The number of aryl methyl sites for hydroxylation is 1. The lowest BCUT2D eigenvalue weighted by Gasteiger charge is -2.14. The molecule has 0 bridgehead atoms. The molecule has 4 heteroatoms. The molecule has 0 spiro atoms. The SMILES string of the molecule is Cc1ccc(C(=O)NCC2=CCNCC2)cc1I. The molecule has 2 N–H and O–H groups in total. The standard InChI is InChI=1S/C14H17IN2O/c1-10-2-3-12(8-13(10)15)14(18)17-9-11-4-6-16-7-5-11/h2-4,8,16H,5-7,9H2,1H3,(H,17,18). The third-order valence-electron chi connectivity index (χ3n) is 3.07. The van der Waals surface area contributed by atoms with Crippen molar-refractivity contribution in [2.24, 2.45) is 0 Å². The number of carbonyl (C=O) groups is 1. The average molecular weight is 356 g/mol. The topological polar surface area (TPSA) is 41.1 Å². The first-order valence-corrected chi connectivity index (χ1v) is 7.17. The molecule has 0 saturated heterocycles. The molecule has 0 saturated carbocycles. The molecule has 18 heavy (non-hydrogen) atoms. The predicted molar refractivity (Wildman–Crippen MR) is 81.8 cm³/mol. The lowest BCUT2D eigenvalue weighted by Crippen LogP contribution is -2.29. The number of hydrogen-bond donors (Lipinski definition) is 2. The molecule has 1 heterocycles. The number of halogens is 1. The van der Waals surface area contributed by atoms with E-state index in [9.17, 15) is 4.79 Å². The predicted octanol–water partition coefficient (Wildman–Crippen LogP) is 2.25. The van der Waals surface area contributed by atoms with Crippen LogP contribution in [0.3, 0.4) is 0 Å². The van der Waals surface area contributed by atoms with E-state index in [4.69, 9.17) is 0 Å². The Bertz CT molecular complexity index is 483. The monoisotopic (exact) mass is 356 g/mol. The largest absolute Gasteiger partial charge is 0.348 e. The van der Waals surface area contributed by atoms with Crippen molar-refractivity contribution < 1.29 is 4.79 Å². The summed E-state index contributed by atoms with van der Waals surface area (Å²) in [5.41, 5.74) is 3.25. The molecule has 2 rings (SSSR count). The van der Waals surface area contributed by atoms with Crippen LogP contribution in [0.2, 0.25) is 0 Å². The van der Waals surface area contributed by atoms with Crippen molar-refractivity contribution in [2.75, 3.05) is 19.6 Å². The molecular formula is C14H17IN2O. The first-order valence-electron chi connectivity index (χ1n) is 6.10. The first-order chi connectivity index (χ1) is 8.66. The van der Waals surface area contributed by atoms with Gasteiger partial charge in [0.2, 0.25) is 0 Å². The molecule has 0 aromatic heterocycles. The van der Waals surface area contributed by atoms with E-state index < -0.39 is 0 Å². The summed E-state index contributed by atoms with van der Waals surface area (Å²) in [4.78, 5) is 12.0. The number of amides is 1. The minimum Gasteiger partial charge on any atom is -0.348 e. The third kappa shape index (κ3) is 3.55. The molecule has 0 radical (unpaired) electrons. The van der Waals surface area contributed by atoms with Crippen LogP contribution in [0.15, 0.2) is 29.8 Å². The van der Waals surface area contributed by atoms with Crippen LogP contribution >= 0.6 is 22.6 Å². The number of carbonyl (C=O) groups excluding carboxylic acids is 1. The second kappa shape index (κ2) is 6.33. The Morgan fingerprint density at radius 1 is 1.50 bits per heavy atom. The zero-order chi connectivity index (χ0) is 13.0. The van der Waals surface area contributed by atoms with Gasteiger partial charge in [-0.1, -0.05) is 17.7 Å². The van der Waals surface area contributed by atoms with Gasteiger partial charge >= 0.3 is 0 Å². The van der Waals surface area contributed by atoms with Crippen molar-refractivity contribution in [1.82, 2.24) is 10.6 Å². The molecule has 0 unspecified atom stereocenters. The Kier molecular flexibility index (Phi) is 4.77. The van der Waals surface area contributed by atoms with Crippen molar-refractivity contribution in [3.05, 3.63) is 44.5 Å². The van der Waals surface area contributed by atoms with Crippen molar-refractivity contribution in [2.45, 2.75) is 13.3 Å². The van der Waals surface area contributed by atoms with Crippen molar-refractivity contribution in [1.29, 1.82) is 0 Å². The van der Waals surface area contributed by atoms with Gasteiger partial charge in [0.25, 0.3) is 5.91 Å². The number of hydrogen-bond acceptors (Lipinski definition) is 2. The van der Waals surface area contributed by atoms with E-state index in [1.807, 2.05) is 25.1 Å². The highest BCUT2D eigenvalue weighted by atomic mass is 127. The van der Waals surface area contributed by atoms with E-state index >= 15 is 0 Å². The van der Waals surface area contributed by atoms with Crippen LogP contribution in [-0.2, 0) is 0 Å². The van der Waals surface area contributed by atoms with E-state index in [0.29, 0.717) is 6.54 Å². The van der Waals surface area contributed by atoms with Gasteiger partial charge in [0.1, 0.15) is 0 Å². The summed E-state index contributed by atoms with van der Waals surface area (Å²) in [6, 6.07) is 5.80. The molecule has 1 aromatic rings. The summed E-state index contributed by atoms with van der Waals surface area (Å²) in [6.45, 7) is 4.62. The molecular weight excluding hydrogens is 339 g/mol. The Hall–Kier alpha value is -0.880. The average Bonchev–Trinajstić information content (AvgIpc) is 2.40. The van der Waals surface area contributed by atoms with Crippen LogP contribution in [0.25, 0.3) is 0 Å². The molecule has 96 valence electrons. The van der Waals surface area contributed by atoms with Gasteiger partial charge in [-0.3, -0.25) is 4.79 Å². The zero-order valence-corrected chi connectivity index (χ0v) is 12.6. The van der Waals surface area contributed by atoms with Gasteiger partial charge in [0.05, 0.1) is 0 Å². The van der Waals surface area contributed by atoms with Crippen LogP contribution in [0.4, 0.5) is 0 Å². The van der Waals surface area contributed by atoms with Gasteiger partial charge in [-0.2, -0.15) is 0 Å². The highest BCUT2D eigenvalue weighted by Crippen LogP contribution is 2.13. The lowest BCUT2D eigenvalue weighted by atomic mass is 10.1. The van der Waals surface area contributed by atoms with Crippen LogP contribution in [0.5, 0.6) is 0 Å². The van der Waals surface area contributed by atoms with Gasteiger partial charge in [0.15, 0.2) is 0 Å². The van der Waals surface area contributed by atoms with Gasteiger partial charge in [0, 0.05) is 22.2 Å². The zero-order valence-electron chi connectivity index (χ0n) is 10.4. The summed E-state index contributed by atoms with van der Waals surface area (Å²) in [7, 11) is 0. The molecule has 0 atom stereocenters. The normalized spacial score (nSPS) is 15.1. The molecule has 1 aromatic carbocycles. The summed E-state index contributed by atoms with van der Waals surface area (Å²) in [5, 5.41) is 6.23. The van der Waals surface area contributed by atoms with Crippen molar-refractivity contribution >= 4 is 28.5 Å². The fourth-order valence-corrected chi connectivity index (χ4v) is 2.38. The molecule has 0 aliphatic carbocycles. The molecule has 1 aliphatic heterocycles. The fourth-order valence-electron chi connectivity index (χ4n) is 1.86. The maximum Gasteiger partial charge on any atom is 0.251 e. The maximum absolute atomic E-state index is 12.0. The van der Waals surface area contributed by atoms with Gasteiger partial charge in [-0.05, 0) is 60.2 Å². The quantitative estimate of drug-likeness (QED) is 0.644.